The van der Waals surface area contributed by atoms with E-state index >= 15 is 0 Å². The van der Waals surface area contributed by atoms with Crippen LogP contribution in [0.4, 0.5) is 18.9 Å². The van der Waals surface area contributed by atoms with Crippen molar-refractivity contribution in [3.63, 3.8) is 0 Å². The number of carboxylic acid groups (broad SMARTS) is 1. The van der Waals surface area contributed by atoms with E-state index in [1.165, 1.54) is 37.4 Å². The normalized spacial score (nSPS) is 12.5. The lowest BCUT2D eigenvalue weighted by atomic mass is 9.98. The summed E-state index contributed by atoms with van der Waals surface area (Å²) < 4.78 is 71.6. The fourth-order valence-corrected chi connectivity index (χ4v) is 5.37. The van der Waals surface area contributed by atoms with Gasteiger partial charge in [-0.25, -0.2) is 18.9 Å². The Balaban J connectivity index is 1.77. The van der Waals surface area contributed by atoms with Crippen LogP contribution in [0.1, 0.15) is 29.0 Å². The molecule has 0 aliphatic carbocycles. The number of nitrogens with zero attached hydrogens (tertiary/aromatic N) is 1. The minimum absolute atomic E-state index is 0.0355. The highest BCUT2D eigenvalue weighted by Gasteiger charge is 2.32. The number of carboxylic acids is 1. The second-order valence-corrected chi connectivity index (χ2v) is 10.4. The Hall–Kier alpha value is -3.90. The molecule has 0 saturated carbocycles. The molecule has 0 heterocycles. The van der Waals surface area contributed by atoms with E-state index in [-0.39, 0.29) is 34.9 Å². The lowest BCUT2D eigenvalue weighted by Crippen LogP contribution is -2.33. The van der Waals surface area contributed by atoms with Crippen molar-refractivity contribution in [1.29, 1.82) is 0 Å². The van der Waals surface area contributed by atoms with Crippen LogP contribution in [0, 0.1) is 0 Å². The molecule has 8 nitrogen and oxygen atoms in total. The molecule has 3 aromatic carbocycles. The van der Waals surface area contributed by atoms with E-state index in [1.54, 1.807) is 30.3 Å². The Bertz CT molecular complexity index is 1360. The standard InChI is InChI=1S/C26H25F3N2O6S/c1-30-31(17-32)22-12-18(11-21(14-22)26(27,28)29)15-37-23-7-9-24(10-8-23)38(35,36)16-20(13-25(33)34)19-5-3-2-4-6-19/h2-12,14,17,20,30H,13,15-16H2,1H3,(H,33,34). The maximum atomic E-state index is 13.3. The number of aliphatic carboxylic acids is 1. The summed E-state index contributed by atoms with van der Waals surface area (Å²) in [5, 5.41) is 10.1. The SMILES string of the molecule is CNN(C=O)c1cc(COc2ccc(S(=O)(=O)CC(CC(=O)O)c3ccccc3)cc2)cc(C(F)(F)F)c1. The van der Waals surface area contributed by atoms with E-state index in [2.05, 4.69) is 5.43 Å². The highest BCUT2D eigenvalue weighted by molar-refractivity contribution is 7.91. The number of alkyl halides is 3. The van der Waals surface area contributed by atoms with E-state index < -0.39 is 39.2 Å². The van der Waals surface area contributed by atoms with Crippen molar-refractivity contribution in [1.82, 2.24) is 5.43 Å². The molecule has 0 aromatic heterocycles. The van der Waals surface area contributed by atoms with Crippen LogP contribution in [0.15, 0.2) is 77.7 Å². The van der Waals surface area contributed by atoms with Crippen LogP contribution in [0.2, 0.25) is 0 Å². The van der Waals surface area contributed by atoms with Gasteiger partial charge in [0, 0.05) is 13.0 Å². The molecule has 0 aliphatic heterocycles. The number of hydrogen-bond acceptors (Lipinski definition) is 6. The Morgan fingerprint density at radius 2 is 1.74 bits per heavy atom. The van der Waals surface area contributed by atoms with Gasteiger partial charge in [-0.1, -0.05) is 30.3 Å². The summed E-state index contributed by atoms with van der Waals surface area (Å²) in [5.41, 5.74) is 2.19. The molecule has 202 valence electrons. The number of halogens is 3. The van der Waals surface area contributed by atoms with Gasteiger partial charge < -0.3 is 9.84 Å². The topological polar surface area (TPSA) is 113 Å². The van der Waals surface area contributed by atoms with Crippen LogP contribution >= 0.6 is 0 Å². The van der Waals surface area contributed by atoms with Gasteiger partial charge in [-0.3, -0.25) is 9.59 Å². The van der Waals surface area contributed by atoms with Crippen molar-refractivity contribution in [2.45, 2.75) is 30.0 Å². The first-order chi connectivity index (χ1) is 17.9. The zero-order valence-corrected chi connectivity index (χ0v) is 21.0. The zero-order valence-electron chi connectivity index (χ0n) is 20.2. The summed E-state index contributed by atoms with van der Waals surface area (Å²) in [6.45, 7) is -0.284. The second-order valence-electron chi connectivity index (χ2n) is 8.33. The molecule has 3 rings (SSSR count). The highest BCUT2D eigenvalue weighted by atomic mass is 32.2. The van der Waals surface area contributed by atoms with Gasteiger partial charge in [-0.15, -0.1) is 0 Å². The van der Waals surface area contributed by atoms with Crippen molar-refractivity contribution in [2.24, 2.45) is 0 Å². The Morgan fingerprint density at radius 1 is 1.08 bits per heavy atom. The number of sulfone groups is 1. The van der Waals surface area contributed by atoms with Crippen molar-refractivity contribution >= 4 is 27.9 Å². The molecule has 3 aromatic rings. The summed E-state index contributed by atoms with van der Waals surface area (Å²) in [7, 11) is -2.49. The number of hydrogen-bond donors (Lipinski definition) is 2. The number of ether oxygens (including phenoxy) is 1. The minimum atomic E-state index is -4.65. The van der Waals surface area contributed by atoms with E-state index in [4.69, 9.17) is 4.74 Å². The Morgan fingerprint density at radius 3 is 2.29 bits per heavy atom. The van der Waals surface area contributed by atoms with E-state index in [1.807, 2.05) is 0 Å². The molecule has 0 bridgehead atoms. The number of anilines is 1. The number of carbonyl (C=O) groups is 2. The molecule has 1 unspecified atom stereocenters. The summed E-state index contributed by atoms with van der Waals surface area (Å²) in [5.74, 6) is -2.10. The molecule has 1 amide bonds. The predicted octanol–water partition coefficient (Wildman–Crippen LogP) is 4.41. The number of amides is 1. The van der Waals surface area contributed by atoms with Crippen LogP contribution in [0.25, 0.3) is 0 Å². The molecule has 2 N–H and O–H groups in total. The van der Waals surface area contributed by atoms with Crippen molar-refractivity contribution in [3.8, 4) is 5.75 Å². The summed E-state index contributed by atoms with van der Waals surface area (Å²) >= 11 is 0. The average Bonchev–Trinajstić information content (AvgIpc) is 2.87. The summed E-state index contributed by atoms with van der Waals surface area (Å²) in [6.07, 6.45) is -4.68. The molecular formula is C26H25F3N2O6S. The van der Waals surface area contributed by atoms with Crippen molar-refractivity contribution < 1.29 is 41.0 Å². The Labute approximate surface area is 217 Å². The van der Waals surface area contributed by atoms with Crippen LogP contribution in [-0.4, -0.2) is 38.7 Å². The van der Waals surface area contributed by atoms with Crippen LogP contribution < -0.4 is 15.2 Å². The molecule has 0 radical (unpaired) electrons. The third-order valence-electron chi connectivity index (χ3n) is 5.63. The molecule has 0 aliphatic rings. The first-order valence-corrected chi connectivity index (χ1v) is 12.9. The van der Waals surface area contributed by atoms with Crippen molar-refractivity contribution in [3.05, 3.63) is 89.5 Å². The van der Waals surface area contributed by atoms with Crippen molar-refractivity contribution in [2.75, 3.05) is 17.8 Å². The number of carbonyl (C=O) groups excluding carboxylic acids is 1. The molecule has 0 fully saturated rings. The van der Waals surface area contributed by atoms with Gasteiger partial charge in [-0.2, -0.15) is 13.2 Å². The van der Waals surface area contributed by atoms with Gasteiger partial charge in [0.2, 0.25) is 6.41 Å². The van der Waals surface area contributed by atoms with Crippen LogP contribution in [0.3, 0.4) is 0 Å². The fraction of sp³-hybridized carbons (Fsp3) is 0.231. The molecular weight excluding hydrogens is 525 g/mol. The Kier molecular flexibility index (Phi) is 9.13. The van der Waals surface area contributed by atoms with Gasteiger partial charge in [0.05, 0.1) is 28.3 Å². The molecule has 12 heteroatoms. The second kappa shape index (κ2) is 12.1. The highest BCUT2D eigenvalue weighted by Crippen LogP contribution is 2.33. The number of hydrazine groups is 1. The lowest BCUT2D eigenvalue weighted by Gasteiger charge is -2.19. The smallest absolute Gasteiger partial charge is 0.416 e. The number of nitrogens with one attached hydrogen (secondary N) is 1. The van der Waals surface area contributed by atoms with E-state index in [0.717, 1.165) is 17.1 Å². The lowest BCUT2D eigenvalue weighted by molar-refractivity contribution is -0.138. The van der Waals surface area contributed by atoms with E-state index in [0.29, 0.717) is 12.0 Å². The maximum Gasteiger partial charge on any atom is 0.416 e. The third-order valence-corrected chi connectivity index (χ3v) is 7.46. The fourth-order valence-electron chi connectivity index (χ4n) is 3.78. The predicted molar refractivity (Wildman–Crippen MR) is 133 cm³/mol. The van der Waals surface area contributed by atoms with Gasteiger partial charge in [0.25, 0.3) is 0 Å². The molecule has 38 heavy (non-hydrogen) atoms. The monoisotopic (exact) mass is 550 g/mol. The number of benzene rings is 3. The summed E-state index contributed by atoms with van der Waals surface area (Å²) in [4.78, 5) is 22.4. The first kappa shape index (κ1) is 28.7. The van der Waals surface area contributed by atoms with Crippen LogP contribution in [-0.2, 0) is 32.2 Å². The van der Waals surface area contributed by atoms with E-state index in [9.17, 15) is 36.3 Å². The largest absolute Gasteiger partial charge is 0.489 e. The maximum absolute atomic E-state index is 13.3. The van der Waals surface area contributed by atoms with Gasteiger partial charge in [-0.05, 0) is 53.6 Å². The minimum Gasteiger partial charge on any atom is -0.489 e. The quantitative estimate of drug-likeness (QED) is 0.254. The molecule has 1 atom stereocenters. The summed E-state index contributed by atoms with van der Waals surface area (Å²) in [6, 6.07) is 16.9. The van der Waals surface area contributed by atoms with Gasteiger partial charge in [0.1, 0.15) is 12.4 Å². The molecule has 0 spiro atoms. The third kappa shape index (κ3) is 7.56. The van der Waals surface area contributed by atoms with Gasteiger partial charge >= 0.3 is 12.1 Å². The molecule has 0 saturated heterocycles. The van der Waals surface area contributed by atoms with Crippen LogP contribution in [0.5, 0.6) is 5.75 Å². The van der Waals surface area contributed by atoms with Gasteiger partial charge in [0.15, 0.2) is 9.84 Å². The average molecular weight is 551 g/mol. The number of rotatable bonds is 12. The zero-order chi connectivity index (χ0) is 27.9. The first-order valence-electron chi connectivity index (χ1n) is 11.3.